The van der Waals surface area contributed by atoms with Gasteiger partial charge in [-0.15, -0.1) is 0 Å². The summed E-state index contributed by atoms with van der Waals surface area (Å²) in [5, 5.41) is 0. The fourth-order valence-electron chi connectivity index (χ4n) is 0.993. The second kappa shape index (κ2) is 1.83. The molecule has 1 aliphatic rings. The highest BCUT2D eigenvalue weighted by atomic mass is 15.1. The Morgan fingerprint density at radius 3 is 2.57 bits per heavy atom. The lowest BCUT2D eigenvalue weighted by Crippen LogP contribution is -2.18. The van der Waals surface area contributed by atoms with Gasteiger partial charge in [-0.05, 0) is 25.4 Å². The summed E-state index contributed by atoms with van der Waals surface area (Å²) in [5.74, 6) is 0. The summed E-state index contributed by atoms with van der Waals surface area (Å²) >= 11 is 0. The van der Waals surface area contributed by atoms with Crippen LogP contribution in [0.15, 0.2) is 0 Å². The van der Waals surface area contributed by atoms with Gasteiger partial charge in [-0.2, -0.15) is 0 Å². The average Bonchev–Trinajstić information content (AvgIpc) is 1.91. The molecule has 0 aromatic rings. The molecular formula is C6H12N-. The molecule has 1 heterocycles. The maximum absolute atomic E-state index is 3.85. The van der Waals surface area contributed by atoms with Gasteiger partial charge in [0.25, 0.3) is 0 Å². The van der Waals surface area contributed by atoms with Crippen molar-refractivity contribution in [2.24, 2.45) is 0 Å². The fourth-order valence-corrected chi connectivity index (χ4v) is 0.993. The Kier molecular flexibility index (Phi) is 1.33. The SMILES string of the molecule is [CH2-]N1CCCC1C. The highest BCUT2D eigenvalue weighted by molar-refractivity contribution is 4.73. The number of likely N-dealkylation sites (tertiary alicyclic amines) is 1. The summed E-state index contributed by atoms with van der Waals surface area (Å²) in [4.78, 5) is 2.15. The predicted octanol–water partition coefficient (Wildman–Crippen LogP) is 1.26. The van der Waals surface area contributed by atoms with E-state index >= 15 is 0 Å². The maximum atomic E-state index is 3.85. The van der Waals surface area contributed by atoms with Gasteiger partial charge in [-0.25, -0.2) is 0 Å². The van der Waals surface area contributed by atoms with Crippen LogP contribution >= 0.6 is 0 Å². The van der Waals surface area contributed by atoms with E-state index in [0.29, 0.717) is 0 Å². The van der Waals surface area contributed by atoms with E-state index in [1.165, 1.54) is 19.4 Å². The summed E-state index contributed by atoms with van der Waals surface area (Å²) in [6, 6.07) is 0.736. The van der Waals surface area contributed by atoms with Crippen LogP contribution in [0.1, 0.15) is 19.8 Å². The highest BCUT2D eigenvalue weighted by Crippen LogP contribution is 2.13. The molecule has 0 aliphatic carbocycles. The molecule has 1 nitrogen and oxygen atoms in total. The Bertz CT molecular complexity index is 53.2. The molecule has 0 radical (unpaired) electrons. The van der Waals surface area contributed by atoms with Crippen molar-refractivity contribution in [1.82, 2.24) is 4.90 Å². The first kappa shape index (κ1) is 5.10. The molecule has 0 aromatic heterocycles. The molecule has 0 N–H and O–H groups in total. The molecule has 1 saturated heterocycles. The minimum Gasteiger partial charge on any atom is -0.457 e. The first-order valence-corrected chi connectivity index (χ1v) is 2.88. The van der Waals surface area contributed by atoms with Crippen molar-refractivity contribution >= 4 is 0 Å². The van der Waals surface area contributed by atoms with E-state index in [4.69, 9.17) is 0 Å². The minimum atomic E-state index is 0.736. The number of rotatable bonds is 0. The zero-order chi connectivity index (χ0) is 5.28. The van der Waals surface area contributed by atoms with Crippen LogP contribution in [0.25, 0.3) is 0 Å². The van der Waals surface area contributed by atoms with Gasteiger partial charge in [0.1, 0.15) is 0 Å². The first-order chi connectivity index (χ1) is 3.30. The molecular weight excluding hydrogens is 86.1 g/mol. The van der Waals surface area contributed by atoms with Crippen LogP contribution in [0.4, 0.5) is 0 Å². The lowest BCUT2D eigenvalue weighted by atomic mass is 10.3. The molecule has 1 atom stereocenters. The minimum absolute atomic E-state index is 0.736. The van der Waals surface area contributed by atoms with E-state index in [0.717, 1.165) is 6.04 Å². The molecule has 1 unspecified atom stereocenters. The Morgan fingerprint density at radius 2 is 2.43 bits per heavy atom. The molecule has 1 aliphatic heterocycles. The molecule has 7 heavy (non-hydrogen) atoms. The third-order valence-electron chi connectivity index (χ3n) is 1.69. The largest absolute Gasteiger partial charge is 0.457 e. The molecule has 0 spiro atoms. The summed E-state index contributed by atoms with van der Waals surface area (Å²) in [5.41, 5.74) is 0. The molecule has 0 bridgehead atoms. The molecule has 0 amide bonds. The average molecular weight is 98.2 g/mol. The lowest BCUT2D eigenvalue weighted by Gasteiger charge is -2.22. The Balaban J connectivity index is 2.33. The first-order valence-electron chi connectivity index (χ1n) is 2.88. The van der Waals surface area contributed by atoms with Crippen molar-refractivity contribution in [3.05, 3.63) is 7.05 Å². The van der Waals surface area contributed by atoms with Crippen molar-refractivity contribution in [3.8, 4) is 0 Å². The van der Waals surface area contributed by atoms with Gasteiger partial charge < -0.3 is 4.90 Å². The van der Waals surface area contributed by atoms with Crippen LogP contribution < -0.4 is 0 Å². The zero-order valence-corrected chi connectivity index (χ0v) is 4.85. The van der Waals surface area contributed by atoms with Crippen LogP contribution in [0.5, 0.6) is 0 Å². The monoisotopic (exact) mass is 98.1 g/mol. The maximum Gasteiger partial charge on any atom is -0.0213 e. The summed E-state index contributed by atoms with van der Waals surface area (Å²) < 4.78 is 0. The summed E-state index contributed by atoms with van der Waals surface area (Å²) in [6.45, 7) is 3.42. The quantitative estimate of drug-likeness (QED) is 0.412. The zero-order valence-electron chi connectivity index (χ0n) is 4.85. The van der Waals surface area contributed by atoms with Crippen LogP contribution in [0.3, 0.4) is 0 Å². The van der Waals surface area contributed by atoms with Gasteiger partial charge in [0.2, 0.25) is 0 Å². The highest BCUT2D eigenvalue weighted by Gasteiger charge is 2.09. The van der Waals surface area contributed by atoms with E-state index < -0.39 is 0 Å². The molecule has 0 aromatic carbocycles. The molecule has 42 valence electrons. The van der Waals surface area contributed by atoms with Crippen molar-refractivity contribution in [3.63, 3.8) is 0 Å². The van der Waals surface area contributed by atoms with Gasteiger partial charge in [0.15, 0.2) is 0 Å². The van der Waals surface area contributed by atoms with Crippen LogP contribution in [0, 0.1) is 7.05 Å². The second-order valence-corrected chi connectivity index (χ2v) is 2.30. The molecule has 1 fully saturated rings. The van der Waals surface area contributed by atoms with Crippen LogP contribution in [-0.2, 0) is 0 Å². The van der Waals surface area contributed by atoms with Crippen molar-refractivity contribution in [1.29, 1.82) is 0 Å². The van der Waals surface area contributed by atoms with Crippen molar-refractivity contribution < 1.29 is 0 Å². The molecule has 0 saturated carbocycles. The fraction of sp³-hybridized carbons (Fsp3) is 0.833. The topological polar surface area (TPSA) is 3.24 Å². The van der Waals surface area contributed by atoms with Gasteiger partial charge in [-0.1, -0.05) is 6.92 Å². The number of nitrogens with zero attached hydrogens (tertiary/aromatic N) is 1. The Labute approximate surface area is 45.3 Å². The standard InChI is InChI=1S/C6H12N/c1-6-4-3-5-7(6)2/h6H,2-5H2,1H3/q-1. The van der Waals surface area contributed by atoms with Crippen molar-refractivity contribution in [2.75, 3.05) is 6.54 Å². The van der Waals surface area contributed by atoms with Crippen molar-refractivity contribution in [2.45, 2.75) is 25.8 Å². The Hall–Kier alpha value is -0.0400. The number of hydrogen-bond donors (Lipinski definition) is 0. The third-order valence-corrected chi connectivity index (χ3v) is 1.69. The predicted molar refractivity (Wildman–Crippen MR) is 30.8 cm³/mol. The second-order valence-electron chi connectivity index (χ2n) is 2.30. The lowest BCUT2D eigenvalue weighted by molar-refractivity contribution is 0.366. The van der Waals surface area contributed by atoms with E-state index in [1.54, 1.807) is 0 Å². The summed E-state index contributed by atoms with van der Waals surface area (Å²) in [6.07, 6.45) is 2.67. The Morgan fingerprint density at radius 1 is 1.71 bits per heavy atom. The van der Waals surface area contributed by atoms with E-state index in [1.807, 2.05) is 0 Å². The van der Waals surface area contributed by atoms with Gasteiger partial charge in [-0.3, -0.25) is 7.05 Å². The van der Waals surface area contributed by atoms with Crippen LogP contribution in [-0.4, -0.2) is 17.5 Å². The molecule has 1 rings (SSSR count). The normalized spacial score (nSPS) is 34.3. The van der Waals surface area contributed by atoms with Gasteiger partial charge in [0, 0.05) is 0 Å². The smallest absolute Gasteiger partial charge is 0.0213 e. The summed E-state index contributed by atoms with van der Waals surface area (Å²) in [7, 11) is 3.85. The third kappa shape index (κ3) is 0.942. The van der Waals surface area contributed by atoms with E-state index in [-0.39, 0.29) is 0 Å². The van der Waals surface area contributed by atoms with Crippen LogP contribution in [0.2, 0.25) is 0 Å². The molecule has 1 heteroatoms. The van der Waals surface area contributed by atoms with E-state index in [2.05, 4.69) is 18.9 Å². The van der Waals surface area contributed by atoms with Gasteiger partial charge in [0.05, 0.1) is 0 Å². The van der Waals surface area contributed by atoms with E-state index in [9.17, 15) is 0 Å². The number of hydrogen-bond acceptors (Lipinski definition) is 1. The van der Waals surface area contributed by atoms with Gasteiger partial charge >= 0.3 is 0 Å².